The predicted molar refractivity (Wildman–Crippen MR) is 123 cm³/mol. The molecule has 2 aromatic carbocycles. The van der Waals surface area contributed by atoms with Gasteiger partial charge in [-0.1, -0.05) is 30.3 Å². The molecule has 0 amide bonds. The van der Waals surface area contributed by atoms with Gasteiger partial charge in [0.15, 0.2) is 5.96 Å². The van der Waals surface area contributed by atoms with Crippen LogP contribution in [0.5, 0.6) is 0 Å². The summed E-state index contributed by atoms with van der Waals surface area (Å²) in [6.07, 6.45) is 4.59. The Bertz CT molecular complexity index is 1050. The highest BCUT2D eigenvalue weighted by Crippen LogP contribution is 2.24. The van der Waals surface area contributed by atoms with E-state index in [1.165, 1.54) is 17.7 Å². The molecule has 0 aliphatic carbocycles. The third-order valence-corrected chi connectivity index (χ3v) is 5.50. The molecule has 1 fully saturated rings. The molecule has 0 spiro atoms. The Balaban J connectivity index is 1.39. The first kappa shape index (κ1) is 21.8. The van der Waals surface area contributed by atoms with Gasteiger partial charge in [-0.2, -0.15) is 0 Å². The summed E-state index contributed by atoms with van der Waals surface area (Å²) in [7, 11) is 0. The topological polar surface area (TPSA) is 57.5 Å². The molecule has 8 heteroatoms. The first-order valence-corrected chi connectivity index (χ1v) is 10.9. The van der Waals surface area contributed by atoms with Crippen molar-refractivity contribution >= 4 is 11.6 Å². The molecule has 0 radical (unpaired) electrons. The van der Waals surface area contributed by atoms with Crippen LogP contribution in [0.3, 0.4) is 0 Å². The molecule has 0 saturated carbocycles. The minimum atomic E-state index is -0.563. The Labute approximate surface area is 187 Å². The van der Waals surface area contributed by atoms with Gasteiger partial charge in [-0.3, -0.25) is 0 Å². The van der Waals surface area contributed by atoms with Gasteiger partial charge < -0.3 is 20.1 Å². The van der Waals surface area contributed by atoms with Crippen LogP contribution < -0.4 is 15.5 Å². The van der Waals surface area contributed by atoms with Crippen LogP contribution in [0.15, 0.2) is 65.9 Å². The Morgan fingerprint density at radius 1 is 1.19 bits per heavy atom. The van der Waals surface area contributed by atoms with E-state index in [1.807, 2.05) is 36.2 Å². The number of imidazole rings is 1. The lowest BCUT2D eigenvalue weighted by atomic mass is 10.2. The van der Waals surface area contributed by atoms with Gasteiger partial charge in [0.05, 0.1) is 5.69 Å². The Morgan fingerprint density at radius 2 is 2.03 bits per heavy atom. The quantitative estimate of drug-likeness (QED) is 0.438. The summed E-state index contributed by atoms with van der Waals surface area (Å²) in [6.45, 7) is 5.25. The second kappa shape index (κ2) is 10.3. The Hall–Kier alpha value is -3.42. The molecule has 1 atom stereocenters. The number of aromatic nitrogens is 2. The molecule has 1 unspecified atom stereocenters. The van der Waals surface area contributed by atoms with E-state index in [2.05, 4.69) is 32.3 Å². The van der Waals surface area contributed by atoms with Gasteiger partial charge in [0.25, 0.3) is 0 Å². The molecule has 0 bridgehead atoms. The highest BCUT2D eigenvalue weighted by Gasteiger charge is 2.25. The van der Waals surface area contributed by atoms with Crippen LogP contribution in [-0.2, 0) is 13.1 Å². The van der Waals surface area contributed by atoms with Gasteiger partial charge in [0.1, 0.15) is 24.0 Å². The number of anilines is 1. The molecule has 32 heavy (non-hydrogen) atoms. The number of hydrogen-bond donors (Lipinski definition) is 2. The maximum Gasteiger partial charge on any atom is 0.191 e. The molecule has 1 aliphatic heterocycles. The van der Waals surface area contributed by atoms with Gasteiger partial charge in [-0.15, -0.1) is 0 Å². The van der Waals surface area contributed by atoms with Crippen molar-refractivity contribution in [1.82, 2.24) is 20.2 Å². The molecular weight excluding hydrogens is 410 g/mol. The molecule has 2 heterocycles. The average molecular weight is 439 g/mol. The molecule has 1 aliphatic rings. The van der Waals surface area contributed by atoms with Crippen LogP contribution in [0, 0.1) is 11.6 Å². The van der Waals surface area contributed by atoms with Crippen LogP contribution in [0.1, 0.15) is 24.7 Å². The smallest absolute Gasteiger partial charge is 0.191 e. The summed E-state index contributed by atoms with van der Waals surface area (Å²) in [6, 6.07) is 14.1. The van der Waals surface area contributed by atoms with Crippen molar-refractivity contribution in [3.05, 3.63) is 83.9 Å². The number of nitrogens with one attached hydrogen (secondary N) is 2. The number of rotatable bonds is 7. The van der Waals surface area contributed by atoms with E-state index < -0.39 is 11.6 Å². The molecule has 2 N–H and O–H groups in total. The average Bonchev–Trinajstić information content (AvgIpc) is 3.42. The minimum absolute atomic E-state index is 0.112. The first-order chi connectivity index (χ1) is 15.6. The summed E-state index contributed by atoms with van der Waals surface area (Å²) in [5.74, 6) is 0.490. The van der Waals surface area contributed by atoms with E-state index >= 15 is 0 Å². The SMILES string of the molecule is CCNC(=NCc1nccn1Cc1ccccc1)NC1CCN(c2ccc(F)cc2F)C1. The molecule has 6 nitrogen and oxygen atoms in total. The normalized spacial score (nSPS) is 16.4. The standard InChI is InChI=1S/C24H28F2N6/c1-2-27-24(29-15-23-28-11-13-32(23)16-18-6-4-3-5-7-18)30-20-10-12-31(17-20)22-9-8-19(25)14-21(22)26/h3-9,11,13-14,20H,2,10,12,15-17H2,1H3,(H2,27,29,30). The number of benzene rings is 2. The highest BCUT2D eigenvalue weighted by atomic mass is 19.1. The summed E-state index contributed by atoms with van der Waals surface area (Å²) < 4.78 is 29.4. The first-order valence-electron chi connectivity index (χ1n) is 10.9. The van der Waals surface area contributed by atoms with E-state index in [9.17, 15) is 8.78 Å². The number of guanidine groups is 1. The van der Waals surface area contributed by atoms with E-state index in [0.29, 0.717) is 31.3 Å². The summed E-state index contributed by atoms with van der Waals surface area (Å²) in [5.41, 5.74) is 1.64. The highest BCUT2D eigenvalue weighted by molar-refractivity contribution is 5.80. The number of aliphatic imine (C=N–C) groups is 1. The summed E-state index contributed by atoms with van der Waals surface area (Å²) in [5, 5.41) is 6.72. The lowest BCUT2D eigenvalue weighted by Gasteiger charge is -2.21. The van der Waals surface area contributed by atoms with Crippen molar-refractivity contribution in [3.63, 3.8) is 0 Å². The predicted octanol–water partition coefficient (Wildman–Crippen LogP) is 3.54. The monoisotopic (exact) mass is 438 g/mol. The second-order valence-corrected chi connectivity index (χ2v) is 7.82. The second-order valence-electron chi connectivity index (χ2n) is 7.82. The Kier molecular flexibility index (Phi) is 6.99. The van der Waals surface area contributed by atoms with Gasteiger partial charge >= 0.3 is 0 Å². The lowest BCUT2D eigenvalue weighted by molar-refractivity contribution is 0.580. The van der Waals surface area contributed by atoms with Crippen LogP contribution >= 0.6 is 0 Å². The summed E-state index contributed by atoms with van der Waals surface area (Å²) in [4.78, 5) is 11.1. The fraction of sp³-hybridized carbons (Fsp3) is 0.333. The van der Waals surface area contributed by atoms with E-state index in [4.69, 9.17) is 4.99 Å². The zero-order valence-corrected chi connectivity index (χ0v) is 18.1. The van der Waals surface area contributed by atoms with Crippen LogP contribution in [-0.4, -0.2) is 41.2 Å². The van der Waals surface area contributed by atoms with Gasteiger partial charge in [-0.05, 0) is 31.0 Å². The van der Waals surface area contributed by atoms with E-state index in [-0.39, 0.29) is 6.04 Å². The molecule has 168 valence electrons. The van der Waals surface area contributed by atoms with E-state index in [0.717, 1.165) is 31.4 Å². The zero-order chi connectivity index (χ0) is 22.3. The van der Waals surface area contributed by atoms with Crippen molar-refractivity contribution < 1.29 is 8.78 Å². The maximum atomic E-state index is 14.1. The zero-order valence-electron chi connectivity index (χ0n) is 18.1. The van der Waals surface area contributed by atoms with Crippen molar-refractivity contribution in [2.24, 2.45) is 4.99 Å². The third kappa shape index (κ3) is 5.43. The largest absolute Gasteiger partial charge is 0.367 e. The molecule has 1 aromatic heterocycles. The molecule has 1 saturated heterocycles. The number of halogens is 2. The Morgan fingerprint density at radius 3 is 2.81 bits per heavy atom. The van der Waals surface area contributed by atoms with Crippen LogP contribution in [0.4, 0.5) is 14.5 Å². The third-order valence-electron chi connectivity index (χ3n) is 5.50. The molecule has 4 rings (SSSR count). The van der Waals surface area contributed by atoms with Crippen LogP contribution in [0.2, 0.25) is 0 Å². The summed E-state index contributed by atoms with van der Waals surface area (Å²) >= 11 is 0. The minimum Gasteiger partial charge on any atom is -0.367 e. The van der Waals surface area contributed by atoms with E-state index in [1.54, 1.807) is 6.20 Å². The van der Waals surface area contributed by atoms with Gasteiger partial charge in [0, 0.05) is 50.7 Å². The van der Waals surface area contributed by atoms with Crippen molar-refractivity contribution in [2.45, 2.75) is 32.5 Å². The fourth-order valence-corrected chi connectivity index (χ4v) is 3.91. The lowest BCUT2D eigenvalue weighted by Crippen LogP contribution is -2.44. The van der Waals surface area contributed by atoms with Crippen LogP contribution in [0.25, 0.3) is 0 Å². The number of hydrogen-bond acceptors (Lipinski definition) is 3. The number of nitrogens with zero attached hydrogens (tertiary/aromatic N) is 4. The van der Waals surface area contributed by atoms with Crippen molar-refractivity contribution in [2.75, 3.05) is 24.5 Å². The fourth-order valence-electron chi connectivity index (χ4n) is 3.91. The van der Waals surface area contributed by atoms with Crippen molar-refractivity contribution in [1.29, 1.82) is 0 Å². The van der Waals surface area contributed by atoms with Gasteiger partial charge in [0.2, 0.25) is 0 Å². The maximum absolute atomic E-state index is 14.1. The van der Waals surface area contributed by atoms with Gasteiger partial charge in [-0.25, -0.2) is 18.8 Å². The molecule has 3 aromatic rings. The van der Waals surface area contributed by atoms with Crippen molar-refractivity contribution in [3.8, 4) is 0 Å². The molecular formula is C24H28F2N6.